The average molecular weight is 453 g/mol. The maximum atomic E-state index is 11.5. The number of fused-ring (bicyclic) bond motifs is 1. The van der Waals surface area contributed by atoms with Gasteiger partial charge in [0.05, 0.1) is 29.8 Å². The zero-order valence-electron chi connectivity index (χ0n) is 18.1. The number of aromatic nitrogens is 3. The largest absolute Gasteiger partial charge is 0.496 e. The number of carboxylic acid groups (broad SMARTS) is 1. The van der Waals surface area contributed by atoms with Gasteiger partial charge in [-0.05, 0) is 32.0 Å². The molecule has 0 unspecified atom stereocenters. The molecule has 0 spiro atoms. The highest BCUT2D eigenvalue weighted by Crippen LogP contribution is 2.36. The number of methoxy groups -OCH3 is 1. The van der Waals surface area contributed by atoms with Crippen LogP contribution in [0.25, 0.3) is 21.5 Å². The summed E-state index contributed by atoms with van der Waals surface area (Å²) in [7, 11) is 1.68. The molecule has 3 aromatic heterocycles. The number of hydrogen-bond acceptors (Lipinski definition) is 7. The van der Waals surface area contributed by atoms with Gasteiger partial charge in [-0.25, -0.2) is 14.8 Å². The number of carboxylic acids is 1. The fourth-order valence-electron chi connectivity index (χ4n) is 3.66. The van der Waals surface area contributed by atoms with Crippen molar-refractivity contribution in [1.29, 1.82) is 0 Å². The number of ether oxygens (including phenoxy) is 2. The molecule has 3 heterocycles. The molecule has 166 valence electrons. The number of aromatic carboxylic acids is 1. The third kappa shape index (κ3) is 4.24. The lowest BCUT2D eigenvalue weighted by molar-refractivity contribution is 0.0698. The molecule has 2 N–H and O–H groups in total. The van der Waals surface area contributed by atoms with E-state index < -0.39 is 5.97 Å². The van der Waals surface area contributed by atoms with Gasteiger partial charge in [-0.3, -0.25) is 0 Å². The Bertz CT molecular complexity index is 1260. The molecular weight excluding hydrogens is 428 g/mol. The predicted molar refractivity (Wildman–Crippen MR) is 125 cm³/mol. The molecule has 4 aromatic rings. The van der Waals surface area contributed by atoms with Crippen molar-refractivity contribution in [3.63, 3.8) is 0 Å². The second-order valence-corrected chi connectivity index (χ2v) is 8.14. The van der Waals surface area contributed by atoms with Crippen LogP contribution in [0.15, 0.2) is 42.7 Å². The summed E-state index contributed by atoms with van der Waals surface area (Å²) in [6.45, 7) is 5.70. The molecule has 0 atom stereocenters. The minimum atomic E-state index is -1.01. The van der Waals surface area contributed by atoms with E-state index in [1.807, 2.05) is 25.1 Å². The van der Waals surface area contributed by atoms with E-state index in [-0.39, 0.29) is 4.88 Å². The first-order valence-corrected chi connectivity index (χ1v) is 11.0. The second-order valence-electron chi connectivity index (χ2n) is 7.09. The normalized spacial score (nSPS) is 11.0. The first kappa shape index (κ1) is 21.6. The second kappa shape index (κ2) is 9.27. The van der Waals surface area contributed by atoms with Crippen LogP contribution in [0.1, 0.15) is 22.3 Å². The Morgan fingerprint density at radius 3 is 2.81 bits per heavy atom. The van der Waals surface area contributed by atoms with E-state index in [1.165, 1.54) is 6.33 Å². The molecule has 0 aliphatic rings. The Labute approximate surface area is 189 Å². The van der Waals surface area contributed by atoms with E-state index in [4.69, 9.17) is 9.47 Å². The summed E-state index contributed by atoms with van der Waals surface area (Å²) < 4.78 is 13.2. The van der Waals surface area contributed by atoms with Crippen LogP contribution in [-0.2, 0) is 6.54 Å². The van der Waals surface area contributed by atoms with Crippen molar-refractivity contribution in [3.8, 4) is 22.1 Å². The molecule has 9 heteroatoms. The Hall–Kier alpha value is -3.59. The number of rotatable bonds is 9. The molecule has 1 aromatic carbocycles. The van der Waals surface area contributed by atoms with Crippen LogP contribution in [0.3, 0.4) is 0 Å². The number of aryl methyl sites for hydroxylation is 1. The molecular formula is C23H24N4O4S. The van der Waals surface area contributed by atoms with Gasteiger partial charge in [-0.15, -0.1) is 11.3 Å². The van der Waals surface area contributed by atoms with Crippen LogP contribution < -0.4 is 14.8 Å². The van der Waals surface area contributed by atoms with Crippen molar-refractivity contribution in [3.05, 3.63) is 53.3 Å². The number of nitrogens with one attached hydrogen (secondary N) is 1. The lowest BCUT2D eigenvalue weighted by Crippen LogP contribution is -2.12. The lowest BCUT2D eigenvalue weighted by Gasteiger charge is -2.11. The highest BCUT2D eigenvalue weighted by molar-refractivity contribution is 7.17. The average Bonchev–Trinajstić information content (AvgIpc) is 3.35. The molecule has 0 bridgehead atoms. The van der Waals surface area contributed by atoms with E-state index >= 15 is 0 Å². The molecule has 4 rings (SSSR count). The molecule has 0 saturated heterocycles. The molecule has 0 aliphatic carbocycles. The molecule has 0 aliphatic heterocycles. The van der Waals surface area contributed by atoms with Gasteiger partial charge in [-0.2, -0.15) is 0 Å². The van der Waals surface area contributed by atoms with Gasteiger partial charge in [0.2, 0.25) is 0 Å². The first-order chi connectivity index (χ1) is 15.5. The summed E-state index contributed by atoms with van der Waals surface area (Å²) in [6.07, 6.45) is 1.47. The molecule has 0 saturated carbocycles. The number of nitrogens with zero attached hydrogens (tertiary/aromatic N) is 3. The minimum Gasteiger partial charge on any atom is -0.496 e. The van der Waals surface area contributed by atoms with Crippen molar-refractivity contribution in [2.45, 2.75) is 20.4 Å². The van der Waals surface area contributed by atoms with Crippen molar-refractivity contribution >= 4 is 34.0 Å². The Balaban J connectivity index is 1.50. The standard InChI is InChI=1S/C23H24N4O4S/c1-4-31-19-12-20(32-22(19)23(28)29)16-11-21(26-13-25-16)24-8-9-27-14(2)10-15-17(27)6-5-7-18(15)30-3/h5-7,10-13H,4,8-9H2,1-3H3,(H,28,29)(H,24,25,26). The summed E-state index contributed by atoms with van der Waals surface area (Å²) >= 11 is 1.14. The number of hydrogen-bond donors (Lipinski definition) is 2. The summed E-state index contributed by atoms with van der Waals surface area (Å²) in [5.41, 5.74) is 2.92. The lowest BCUT2D eigenvalue weighted by atomic mass is 10.2. The van der Waals surface area contributed by atoms with E-state index in [1.54, 1.807) is 13.2 Å². The monoisotopic (exact) mass is 452 g/mol. The maximum Gasteiger partial charge on any atom is 0.349 e. The summed E-state index contributed by atoms with van der Waals surface area (Å²) in [5, 5.41) is 13.8. The van der Waals surface area contributed by atoms with Crippen molar-refractivity contribution in [2.24, 2.45) is 0 Å². The fourth-order valence-corrected chi connectivity index (χ4v) is 4.57. The van der Waals surface area contributed by atoms with Crippen molar-refractivity contribution in [1.82, 2.24) is 14.5 Å². The smallest absolute Gasteiger partial charge is 0.349 e. The van der Waals surface area contributed by atoms with E-state index in [9.17, 15) is 9.90 Å². The van der Waals surface area contributed by atoms with Crippen LogP contribution in [0.4, 0.5) is 5.82 Å². The molecule has 0 radical (unpaired) electrons. The number of thiophene rings is 1. The first-order valence-electron chi connectivity index (χ1n) is 10.2. The third-order valence-electron chi connectivity index (χ3n) is 5.09. The highest BCUT2D eigenvalue weighted by Gasteiger charge is 2.18. The summed E-state index contributed by atoms with van der Waals surface area (Å²) in [6, 6.07) is 11.7. The SMILES string of the molecule is CCOc1cc(-c2cc(NCCn3c(C)cc4c(OC)cccc43)ncn2)sc1C(=O)O. The van der Waals surface area contributed by atoms with Crippen molar-refractivity contribution < 1.29 is 19.4 Å². The van der Waals surface area contributed by atoms with Gasteiger partial charge in [-0.1, -0.05) is 6.07 Å². The summed E-state index contributed by atoms with van der Waals surface area (Å²) in [5.74, 6) is 0.882. The maximum absolute atomic E-state index is 11.5. The quantitative estimate of drug-likeness (QED) is 0.380. The van der Waals surface area contributed by atoms with Gasteiger partial charge in [0.15, 0.2) is 4.88 Å². The minimum absolute atomic E-state index is 0.167. The Kier molecular flexibility index (Phi) is 6.27. The molecule has 32 heavy (non-hydrogen) atoms. The van der Waals surface area contributed by atoms with Crippen molar-refractivity contribution in [2.75, 3.05) is 25.6 Å². The molecule has 8 nitrogen and oxygen atoms in total. The molecule has 0 amide bonds. The number of anilines is 1. The van der Waals surface area contributed by atoms with Crippen LogP contribution in [-0.4, -0.2) is 45.9 Å². The summed E-state index contributed by atoms with van der Waals surface area (Å²) in [4.78, 5) is 21.0. The van der Waals surface area contributed by atoms with Crippen LogP contribution in [0, 0.1) is 6.92 Å². The van der Waals surface area contributed by atoms with E-state index in [0.29, 0.717) is 30.4 Å². The van der Waals surface area contributed by atoms with E-state index in [0.717, 1.165) is 45.1 Å². The van der Waals surface area contributed by atoms with E-state index in [2.05, 4.69) is 38.9 Å². The van der Waals surface area contributed by atoms with Gasteiger partial charge in [0.25, 0.3) is 0 Å². The van der Waals surface area contributed by atoms with Crippen LogP contribution in [0.2, 0.25) is 0 Å². The zero-order valence-corrected chi connectivity index (χ0v) is 18.9. The third-order valence-corrected chi connectivity index (χ3v) is 6.21. The fraction of sp³-hybridized carbons (Fsp3) is 0.261. The highest BCUT2D eigenvalue weighted by atomic mass is 32.1. The number of benzene rings is 1. The molecule has 0 fully saturated rings. The van der Waals surface area contributed by atoms with Gasteiger partial charge in [0, 0.05) is 36.3 Å². The number of carbonyl (C=O) groups is 1. The zero-order chi connectivity index (χ0) is 22.7. The predicted octanol–water partition coefficient (Wildman–Crippen LogP) is 4.69. The Morgan fingerprint density at radius 1 is 1.22 bits per heavy atom. The van der Waals surface area contributed by atoms with Gasteiger partial charge >= 0.3 is 5.97 Å². The van der Waals surface area contributed by atoms with Gasteiger partial charge in [0.1, 0.15) is 23.6 Å². The topological polar surface area (TPSA) is 98.5 Å². The van der Waals surface area contributed by atoms with Crippen LogP contribution in [0.5, 0.6) is 11.5 Å². The van der Waals surface area contributed by atoms with Crippen LogP contribution >= 0.6 is 11.3 Å². The van der Waals surface area contributed by atoms with Gasteiger partial charge < -0.3 is 24.5 Å². The Morgan fingerprint density at radius 2 is 2.06 bits per heavy atom.